The van der Waals surface area contributed by atoms with E-state index >= 15 is 0 Å². The van der Waals surface area contributed by atoms with Crippen molar-refractivity contribution >= 4 is 11.8 Å². The molecule has 0 aromatic rings. The molecule has 17 heavy (non-hydrogen) atoms. The number of hydrogen-bond donors (Lipinski definition) is 1. The Hall–Kier alpha value is 0.310. The molecule has 1 saturated carbocycles. The molecule has 0 bridgehead atoms. The van der Waals surface area contributed by atoms with Crippen LogP contribution in [0.5, 0.6) is 0 Å². The van der Waals surface area contributed by atoms with Crippen LogP contribution >= 0.6 is 11.8 Å². The second-order valence-electron chi connectivity index (χ2n) is 5.67. The molecule has 0 heterocycles. The van der Waals surface area contributed by atoms with Crippen LogP contribution in [0.1, 0.15) is 64.7 Å². The zero-order valence-corrected chi connectivity index (χ0v) is 12.7. The average molecular weight is 257 g/mol. The summed E-state index contributed by atoms with van der Waals surface area (Å²) in [6.45, 7) is 3.66. The molecule has 2 unspecified atom stereocenters. The SMILES string of the molecule is CSCCCCCCNC1CCCC(C)CC1. The maximum atomic E-state index is 3.77. The minimum atomic E-state index is 0.825. The Kier molecular flexibility index (Phi) is 9.27. The van der Waals surface area contributed by atoms with Gasteiger partial charge in [-0.25, -0.2) is 0 Å². The van der Waals surface area contributed by atoms with Gasteiger partial charge in [-0.1, -0.05) is 32.6 Å². The van der Waals surface area contributed by atoms with E-state index in [1.54, 1.807) is 0 Å². The van der Waals surface area contributed by atoms with E-state index in [0.717, 1.165) is 12.0 Å². The highest BCUT2D eigenvalue weighted by molar-refractivity contribution is 7.98. The molecule has 0 amide bonds. The first-order valence-electron chi connectivity index (χ1n) is 7.55. The van der Waals surface area contributed by atoms with Gasteiger partial charge in [0.1, 0.15) is 0 Å². The van der Waals surface area contributed by atoms with Gasteiger partial charge in [-0.3, -0.25) is 0 Å². The molecule has 1 aliphatic rings. The van der Waals surface area contributed by atoms with E-state index in [9.17, 15) is 0 Å². The van der Waals surface area contributed by atoms with Crippen LogP contribution in [0.25, 0.3) is 0 Å². The summed E-state index contributed by atoms with van der Waals surface area (Å²) in [4.78, 5) is 0. The number of unbranched alkanes of at least 4 members (excludes halogenated alkanes) is 3. The third kappa shape index (κ3) is 8.10. The molecule has 1 rings (SSSR count). The molecular formula is C15H31NS. The van der Waals surface area contributed by atoms with Crippen molar-refractivity contribution in [3.8, 4) is 0 Å². The Morgan fingerprint density at radius 1 is 1.00 bits per heavy atom. The summed E-state index contributed by atoms with van der Waals surface area (Å²) in [6, 6.07) is 0.825. The van der Waals surface area contributed by atoms with Crippen molar-refractivity contribution in [2.75, 3.05) is 18.6 Å². The van der Waals surface area contributed by atoms with Gasteiger partial charge in [0.2, 0.25) is 0 Å². The van der Waals surface area contributed by atoms with Crippen LogP contribution in [0.2, 0.25) is 0 Å². The molecule has 1 fully saturated rings. The van der Waals surface area contributed by atoms with Gasteiger partial charge in [-0.15, -0.1) is 0 Å². The fourth-order valence-electron chi connectivity index (χ4n) is 2.72. The molecule has 102 valence electrons. The van der Waals surface area contributed by atoms with E-state index in [1.165, 1.54) is 70.1 Å². The van der Waals surface area contributed by atoms with Gasteiger partial charge in [0.15, 0.2) is 0 Å². The van der Waals surface area contributed by atoms with E-state index in [1.807, 2.05) is 11.8 Å². The summed E-state index contributed by atoms with van der Waals surface area (Å²) >= 11 is 1.97. The zero-order valence-electron chi connectivity index (χ0n) is 11.8. The first kappa shape index (κ1) is 15.4. The van der Waals surface area contributed by atoms with E-state index in [2.05, 4.69) is 18.5 Å². The van der Waals surface area contributed by atoms with Crippen molar-refractivity contribution in [1.29, 1.82) is 0 Å². The third-order valence-corrected chi connectivity index (χ3v) is 4.66. The molecular weight excluding hydrogens is 226 g/mol. The largest absolute Gasteiger partial charge is 0.314 e. The average Bonchev–Trinajstić information content (AvgIpc) is 2.53. The molecule has 1 nitrogen and oxygen atoms in total. The summed E-state index contributed by atoms with van der Waals surface area (Å²) in [5.74, 6) is 2.31. The van der Waals surface area contributed by atoms with Crippen LogP contribution in [0, 0.1) is 5.92 Å². The normalized spacial score (nSPS) is 25.8. The highest BCUT2D eigenvalue weighted by Gasteiger charge is 2.14. The van der Waals surface area contributed by atoms with Crippen LogP contribution in [0.15, 0.2) is 0 Å². The van der Waals surface area contributed by atoms with Gasteiger partial charge in [0, 0.05) is 6.04 Å². The lowest BCUT2D eigenvalue weighted by Crippen LogP contribution is -2.29. The van der Waals surface area contributed by atoms with E-state index < -0.39 is 0 Å². The molecule has 2 heteroatoms. The minimum Gasteiger partial charge on any atom is -0.314 e. The second kappa shape index (κ2) is 10.3. The standard InChI is InChI=1S/C15H31NS/c1-14-8-7-9-15(11-10-14)16-12-5-3-4-6-13-17-2/h14-16H,3-13H2,1-2H3. The van der Waals surface area contributed by atoms with Crippen molar-refractivity contribution in [2.24, 2.45) is 5.92 Å². The minimum absolute atomic E-state index is 0.825. The van der Waals surface area contributed by atoms with Crippen LogP contribution < -0.4 is 5.32 Å². The highest BCUT2D eigenvalue weighted by Crippen LogP contribution is 2.22. The highest BCUT2D eigenvalue weighted by atomic mass is 32.2. The molecule has 0 aromatic carbocycles. The Bertz CT molecular complexity index is 172. The maximum absolute atomic E-state index is 3.77. The van der Waals surface area contributed by atoms with Gasteiger partial charge in [-0.05, 0) is 56.6 Å². The lowest BCUT2D eigenvalue weighted by molar-refractivity contribution is 0.440. The molecule has 2 atom stereocenters. The molecule has 0 spiro atoms. The fraction of sp³-hybridized carbons (Fsp3) is 1.00. The van der Waals surface area contributed by atoms with E-state index in [4.69, 9.17) is 0 Å². The van der Waals surface area contributed by atoms with Gasteiger partial charge in [0.05, 0.1) is 0 Å². The third-order valence-electron chi connectivity index (χ3n) is 3.97. The predicted octanol–water partition coefficient (Wildman–Crippen LogP) is 4.47. The van der Waals surface area contributed by atoms with Crippen LogP contribution in [0.3, 0.4) is 0 Å². The van der Waals surface area contributed by atoms with Crippen molar-refractivity contribution in [3.63, 3.8) is 0 Å². The van der Waals surface area contributed by atoms with E-state index in [0.29, 0.717) is 0 Å². The van der Waals surface area contributed by atoms with Gasteiger partial charge in [0.25, 0.3) is 0 Å². The Labute approximate surface area is 113 Å². The van der Waals surface area contributed by atoms with Crippen molar-refractivity contribution in [1.82, 2.24) is 5.32 Å². The lowest BCUT2D eigenvalue weighted by atomic mass is 10.0. The molecule has 1 N–H and O–H groups in total. The number of rotatable bonds is 8. The number of thioether (sulfide) groups is 1. The molecule has 0 radical (unpaired) electrons. The van der Waals surface area contributed by atoms with Gasteiger partial charge < -0.3 is 5.32 Å². The summed E-state index contributed by atoms with van der Waals surface area (Å²) in [5, 5.41) is 3.77. The summed E-state index contributed by atoms with van der Waals surface area (Å²) < 4.78 is 0. The Balaban J connectivity index is 1.91. The van der Waals surface area contributed by atoms with Crippen LogP contribution in [-0.2, 0) is 0 Å². The van der Waals surface area contributed by atoms with Crippen LogP contribution in [0.4, 0.5) is 0 Å². The summed E-state index contributed by atoms with van der Waals surface area (Å²) in [5.41, 5.74) is 0. The topological polar surface area (TPSA) is 12.0 Å². The summed E-state index contributed by atoms with van der Waals surface area (Å²) in [6.07, 6.45) is 15.0. The maximum Gasteiger partial charge on any atom is 0.00671 e. The number of hydrogen-bond acceptors (Lipinski definition) is 2. The second-order valence-corrected chi connectivity index (χ2v) is 6.66. The van der Waals surface area contributed by atoms with Crippen molar-refractivity contribution < 1.29 is 0 Å². The lowest BCUT2D eigenvalue weighted by Gasteiger charge is -2.16. The molecule has 1 aliphatic carbocycles. The first-order chi connectivity index (χ1) is 8.33. The first-order valence-corrected chi connectivity index (χ1v) is 8.94. The van der Waals surface area contributed by atoms with Crippen molar-refractivity contribution in [3.05, 3.63) is 0 Å². The van der Waals surface area contributed by atoms with Gasteiger partial charge >= 0.3 is 0 Å². The molecule has 0 aliphatic heterocycles. The number of nitrogens with one attached hydrogen (secondary N) is 1. The van der Waals surface area contributed by atoms with E-state index in [-0.39, 0.29) is 0 Å². The zero-order chi connectivity index (χ0) is 12.3. The summed E-state index contributed by atoms with van der Waals surface area (Å²) in [7, 11) is 0. The van der Waals surface area contributed by atoms with Crippen molar-refractivity contribution in [2.45, 2.75) is 70.8 Å². The quantitative estimate of drug-likeness (QED) is 0.509. The van der Waals surface area contributed by atoms with Crippen LogP contribution in [-0.4, -0.2) is 24.6 Å². The Morgan fingerprint density at radius 3 is 2.65 bits per heavy atom. The van der Waals surface area contributed by atoms with Gasteiger partial charge in [-0.2, -0.15) is 11.8 Å². The molecule has 0 aromatic heterocycles. The predicted molar refractivity (Wildman–Crippen MR) is 80.9 cm³/mol. The monoisotopic (exact) mass is 257 g/mol. The Morgan fingerprint density at radius 2 is 1.82 bits per heavy atom. The fourth-order valence-corrected chi connectivity index (χ4v) is 3.22. The smallest absolute Gasteiger partial charge is 0.00671 e. The molecule has 0 saturated heterocycles.